The van der Waals surface area contributed by atoms with Crippen LogP contribution in [0, 0.1) is 17.6 Å². The van der Waals surface area contributed by atoms with E-state index in [1.807, 2.05) is 0 Å². The van der Waals surface area contributed by atoms with Crippen LogP contribution in [0.4, 0.5) is 8.78 Å². The van der Waals surface area contributed by atoms with Crippen molar-refractivity contribution in [2.24, 2.45) is 5.92 Å². The highest BCUT2D eigenvalue weighted by atomic mass is 19.2. The van der Waals surface area contributed by atoms with Gasteiger partial charge in [-0.3, -0.25) is 9.59 Å². The van der Waals surface area contributed by atoms with Gasteiger partial charge in [0.2, 0.25) is 5.91 Å². The molecular formula is C18H23F2N3O2. The second-order valence-electron chi connectivity index (χ2n) is 6.78. The summed E-state index contributed by atoms with van der Waals surface area (Å²) < 4.78 is 26.4. The maximum Gasteiger partial charge on any atom is 0.253 e. The summed E-state index contributed by atoms with van der Waals surface area (Å²) >= 11 is 0. The Balaban J connectivity index is 1.54. The highest BCUT2D eigenvalue weighted by Crippen LogP contribution is 2.19. The molecular weight excluding hydrogens is 328 g/mol. The first kappa shape index (κ1) is 17.8. The van der Waals surface area contributed by atoms with Crippen LogP contribution in [-0.2, 0) is 4.79 Å². The van der Waals surface area contributed by atoms with Gasteiger partial charge in [0.1, 0.15) is 0 Å². The fraction of sp³-hybridized carbons (Fsp3) is 0.556. The number of nitrogens with zero attached hydrogens (tertiary/aromatic N) is 1. The van der Waals surface area contributed by atoms with Crippen molar-refractivity contribution in [1.29, 1.82) is 0 Å². The van der Waals surface area contributed by atoms with E-state index in [1.165, 1.54) is 6.07 Å². The number of hydrogen-bond acceptors (Lipinski definition) is 3. The summed E-state index contributed by atoms with van der Waals surface area (Å²) in [6.45, 7) is 2.50. The number of likely N-dealkylation sites (tertiary alicyclic amines) is 1. The van der Waals surface area contributed by atoms with Crippen molar-refractivity contribution in [2.45, 2.75) is 31.7 Å². The molecule has 1 aromatic carbocycles. The average molecular weight is 351 g/mol. The maximum atomic E-state index is 13.3. The molecule has 0 radical (unpaired) electrons. The molecule has 2 aliphatic rings. The van der Waals surface area contributed by atoms with Gasteiger partial charge in [0.25, 0.3) is 5.91 Å². The van der Waals surface area contributed by atoms with Crippen LogP contribution in [0.5, 0.6) is 0 Å². The van der Waals surface area contributed by atoms with E-state index in [0.29, 0.717) is 19.6 Å². The lowest BCUT2D eigenvalue weighted by atomic mass is 9.97. The SMILES string of the molecule is O=C(NCC1CCCN(C(=O)c2ccc(F)c(F)c2)C1)C1CCCN1. The van der Waals surface area contributed by atoms with Crippen molar-refractivity contribution in [3.8, 4) is 0 Å². The summed E-state index contributed by atoms with van der Waals surface area (Å²) in [5.41, 5.74) is 0.152. The van der Waals surface area contributed by atoms with Gasteiger partial charge in [-0.15, -0.1) is 0 Å². The van der Waals surface area contributed by atoms with Gasteiger partial charge in [0, 0.05) is 25.2 Å². The lowest BCUT2D eigenvalue weighted by molar-refractivity contribution is -0.123. The van der Waals surface area contributed by atoms with Gasteiger partial charge in [0.15, 0.2) is 11.6 Å². The molecule has 2 fully saturated rings. The molecule has 2 N–H and O–H groups in total. The molecule has 0 aromatic heterocycles. The predicted molar refractivity (Wildman–Crippen MR) is 89.0 cm³/mol. The van der Waals surface area contributed by atoms with Gasteiger partial charge in [-0.2, -0.15) is 0 Å². The van der Waals surface area contributed by atoms with E-state index < -0.39 is 11.6 Å². The van der Waals surface area contributed by atoms with Crippen molar-refractivity contribution in [1.82, 2.24) is 15.5 Å². The Morgan fingerprint density at radius 3 is 2.76 bits per heavy atom. The van der Waals surface area contributed by atoms with E-state index in [-0.39, 0.29) is 29.3 Å². The molecule has 2 saturated heterocycles. The first-order valence-electron chi connectivity index (χ1n) is 8.80. The molecule has 7 heteroatoms. The predicted octanol–water partition coefficient (Wildman–Crippen LogP) is 1.69. The van der Waals surface area contributed by atoms with Crippen LogP contribution >= 0.6 is 0 Å². The number of hydrogen-bond donors (Lipinski definition) is 2. The zero-order valence-electron chi connectivity index (χ0n) is 14.1. The minimum Gasteiger partial charge on any atom is -0.354 e. The number of carbonyl (C=O) groups excluding carboxylic acids is 2. The van der Waals surface area contributed by atoms with Crippen LogP contribution in [0.3, 0.4) is 0 Å². The highest BCUT2D eigenvalue weighted by Gasteiger charge is 2.27. The minimum atomic E-state index is -1.02. The molecule has 2 atom stereocenters. The Kier molecular flexibility index (Phi) is 5.63. The largest absolute Gasteiger partial charge is 0.354 e. The molecule has 0 aliphatic carbocycles. The van der Waals surface area contributed by atoms with Crippen molar-refractivity contribution in [3.63, 3.8) is 0 Å². The van der Waals surface area contributed by atoms with E-state index in [2.05, 4.69) is 10.6 Å². The Bertz CT molecular complexity index is 647. The number of nitrogens with one attached hydrogen (secondary N) is 2. The van der Waals surface area contributed by atoms with Crippen LogP contribution in [0.25, 0.3) is 0 Å². The monoisotopic (exact) mass is 351 g/mol. The molecule has 2 unspecified atom stereocenters. The topological polar surface area (TPSA) is 61.4 Å². The van der Waals surface area contributed by atoms with Gasteiger partial charge in [-0.05, 0) is 56.3 Å². The Labute approximate surface area is 145 Å². The Morgan fingerprint density at radius 2 is 2.04 bits per heavy atom. The van der Waals surface area contributed by atoms with Crippen LogP contribution in [-0.4, -0.2) is 48.9 Å². The molecule has 2 heterocycles. The zero-order chi connectivity index (χ0) is 17.8. The van der Waals surface area contributed by atoms with Gasteiger partial charge in [-0.25, -0.2) is 8.78 Å². The first-order valence-corrected chi connectivity index (χ1v) is 8.80. The second kappa shape index (κ2) is 7.91. The molecule has 1 aromatic rings. The number of rotatable bonds is 4. The standard InChI is InChI=1S/C18H23F2N3O2/c19-14-6-5-13(9-15(14)20)18(25)23-8-2-3-12(11-23)10-22-17(24)16-4-1-7-21-16/h5-6,9,12,16,21H,1-4,7-8,10-11H2,(H,22,24). The number of carbonyl (C=O) groups is 2. The van der Waals surface area contributed by atoms with Crippen LogP contribution < -0.4 is 10.6 Å². The summed E-state index contributed by atoms with van der Waals surface area (Å²) in [7, 11) is 0. The smallest absolute Gasteiger partial charge is 0.253 e. The molecule has 2 amide bonds. The van der Waals surface area contributed by atoms with Crippen LogP contribution in [0.2, 0.25) is 0 Å². The molecule has 5 nitrogen and oxygen atoms in total. The molecule has 3 rings (SSSR count). The van der Waals surface area contributed by atoms with Crippen molar-refractivity contribution in [2.75, 3.05) is 26.2 Å². The number of piperidine rings is 1. The summed E-state index contributed by atoms with van der Waals surface area (Å²) in [5, 5.41) is 6.12. The summed E-state index contributed by atoms with van der Waals surface area (Å²) in [6.07, 6.45) is 3.63. The third-order valence-corrected chi connectivity index (χ3v) is 4.91. The van der Waals surface area contributed by atoms with E-state index in [4.69, 9.17) is 0 Å². The molecule has 0 spiro atoms. The fourth-order valence-corrected chi connectivity index (χ4v) is 3.50. The number of halogens is 2. The van der Waals surface area contributed by atoms with Gasteiger partial charge >= 0.3 is 0 Å². The van der Waals surface area contributed by atoms with Crippen molar-refractivity contribution in [3.05, 3.63) is 35.4 Å². The lowest BCUT2D eigenvalue weighted by Crippen LogP contribution is -2.46. The van der Waals surface area contributed by atoms with E-state index >= 15 is 0 Å². The molecule has 2 aliphatic heterocycles. The maximum absolute atomic E-state index is 13.3. The van der Waals surface area contributed by atoms with Gasteiger partial charge in [-0.1, -0.05) is 0 Å². The lowest BCUT2D eigenvalue weighted by Gasteiger charge is -2.33. The van der Waals surface area contributed by atoms with E-state index in [0.717, 1.165) is 44.4 Å². The number of benzene rings is 1. The third kappa shape index (κ3) is 4.34. The first-order chi connectivity index (χ1) is 12.0. The van der Waals surface area contributed by atoms with Crippen LogP contribution in [0.1, 0.15) is 36.0 Å². The van der Waals surface area contributed by atoms with E-state index in [1.54, 1.807) is 4.90 Å². The zero-order valence-corrected chi connectivity index (χ0v) is 14.1. The Morgan fingerprint density at radius 1 is 1.20 bits per heavy atom. The number of amides is 2. The molecule has 0 saturated carbocycles. The summed E-state index contributed by atoms with van der Waals surface area (Å²) in [4.78, 5) is 26.2. The minimum absolute atomic E-state index is 0.0153. The fourth-order valence-electron chi connectivity index (χ4n) is 3.50. The normalized spacial score (nSPS) is 23.5. The Hall–Kier alpha value is -2.02. The van der Waals surface area contributed by atoms with Crippen molar-refractivity contribution >= 4 is 11.8 Å². The average Bonchev–Trinajstić information content (AvgIpc) is 3.16. The van der Waals surface area contributed by atoms with E-state index in [9.17, 15) is 18.4 Å². The van der Waals surface area contributed by atoms with Crippen molar-refractivity contribution < 1.29 is 18.4 Å². The summed E-state index contributed by atoms with van der Waals surface area (Å²) in [6, 6.07) is 3.11. The quantitative estimate of drug-likeness (QED) is 0.868. The third-order valence-electron chi connectivity index (χ3n) is 4.91. The molecule has 25 heavy (non-hydrogen) atoms. The molecule has 0 bridgehead atoms. The summed E-state index contributed by atoms with van der Waals surface area (Å²) in [5.74, 6) is -2.09. The second-order valence-corrected chi connectivity index (χ2v) is 6.78. The van der Waals surface area contributed by atoms with Crippen LogP contribution in [0.15, 0.2) is 18.2 Å². The van der Waals surface area contributed by atoms with Gasteiger partial charge < -0.3 is 15.5 Å². The highest BCUT2D eigenvalue weighted by molar-refractivity contribution is 5.94. The molecule has 136 valence electrons. The van der Waals surface area contributed by atoms with Gasteiger partial charge in [0.05, 0.1) is 6.04 Å².